The fraction of sp³-hybridized carbons (Fsp3) is 0.562. The standard InChI is InChI=1S/C16H23N3O3S/c1-23(21,22)19-9-7-12-10-13(5-6-15(12)19)16(20)18-8-3-2-4-14(18)11-17/h5-6,10,14H,2-4,7-9,11,17H2,1H3. The van der Waals surface area contributed by atoms with E-state index in [0.29, 0.717) is 30.8 Å². The van der Waals surface area contributed by atoms with E-state index in [4.69, 9.17) is 5.73 Å². The molecule has 0 spiro atoms. The third-order valence-electron chi connectivity index (χ3n) is 4.74. The minimum absolute atomic E-state index is 0.000700. The number of fused-ring (bicyclic) bond motifs is 1. The van der Waals surface area contributed by atoms with Crippen LogP contribution in [-0.2, 0) is 16.4 Å². The van der Waals surface area contributed by atoms with Crippen molar-refractivity contribution in [1.82, 2.24) is 4.90 Å². The van der Waals surface area contributed by atoms with Crippen LogP contribution in [0.25, 0.3) is 0 Å². The van der Waals surface area contributed by atoms with E-state index in [1.807, 2.05) is 11.0 Å². The highest BCUT2D eigenvalue weighted by Crippen LogP contribution is 2.31. The largest absolute Gasteiger partial charge is 0.334 e. The van der Waals surface area contributed by atoms with Crippen LogP contribution in [0.4, 0.5) is 5.69 Å². The molecule has 126 valence electrons. The average molecular weight is 337 g/mol. The lowest BCUT2D eigenvalue weighted by atomic mass is 10.00. The van der Waals surface area contributed by atoms with Gasteiger partial charge in [-0.25, -0.2) is 8.42 Å². The molecule has 1 aromatic carbocycles. The maximum Gasteiger partial charge on any atom is 0.254 e. The van der Waals surface area contributed by atoms with Gasteiger partial charge in [-0.1, -0.05) is 0 Å². The Morgan fingerprint density at radius 3 is 2.78 bits per heavy atom. The number of nitrogens with zero attached hydrogens (tertiary/aromatic N) is 2. The van der Waals surface area contributed by atoms with Crippen molar-refractivity contribution in [1.29, 1.82) is 0 Å². The summed E-state index contributed by atoms with van der Waals surface area (Å²) in [5.74, 6) is 0.000700. The van der Waals surface area contributed by atoms with Gasteiger partial charge in [0.15, 0.2) is 0 Å². The van der Waals surface area contributed by atoms with Gasteiger partial charge in [-0.3, -0.25) is 9.10 Å². The summed E-state index contributed by atoms with van der Waals surface area (Å²) in [7, 11) is -3.26. The van der Waals surface area contributed by atoms with Crippen LogP contribution in [0.3, 0.4) is 0 Å². The maximum atomic E-state index is 12.8. The van der Waals surface area contributed by atoms with E-state index in [0.717, 1.165) is 31.4 Å². The molecule has 1 aromatic rings. The number of nitrogens with two attached hydrogens (primary N) is 1. The van der Waals surface area contributed by atoms with Crippen LogP contribution in [0.1, 0.15) is 35.2 Å². The fourth-order valence-corrected chi connectivity index (χ4v) is 4.49. The Kier molecular flexibility index (Phi) is 4.33. The molecule has 0 aliphatic carbocycles. The molecule has 7 heteroatoms. The van der Waals surface area contributed by atoms with Crippen molar-refractivity contribution in [2.24, 2.45) is 5.73 Å². The molecule has 2 N–H and O–H groups in total. The van der Waals surface area contributed by atoms with E-state index < -0.39 is 10.0 Å². The molecule has 6 nitrogen and oxygen atoms in total. The molecular formula is C16H23N3O3S. The molecule has 1 amide bonds. The minimum Gasteiger partial charge on any atom is -0.334 e. The zero-order valence-electron chi connectivity index (χ0n) is 13.4. The van der Waals surface area contributed by atoms with Crippen molar-refractivity contribution in [3.8, 4) is 0 Å². The van der Waals surface area contributed by atoms with Gasteiger partial charge in [0.2, 0.25) is 10.0 Å². The Labute approximate surface area is 137 Å². The summed E-state index contributed by atoms with van der Waals surface area (Å²) in [5, 5.41) is 0. The van der Waals surface area contributed by atoms with Gasteiger partial charge < -0.3 is 10.6 Å². The molecule has 1 atom stereocenters. The van der Waals surface area contributed by atoms with Gasteiger partial charge in [0, 0.05) is 31.2 Å². The van der Waals surface area contributed by atoms with E-state index in [1.54, 1.807) is 12.1 Å². The number of rotatable bonds is 3. The summed E-state index contributed by atoms with van der Waals surface area (Å²) in [4.78, 5) is 14.7. The van der Waals surface area contributed by atoms with Crippen molar-refractivity contribution in [2.75, 3.05) is 30.2 Å². The number of likely N-dealkylation sites (tertiary alicyclic amines) is 1. The van der Waals surface area contributed by atoms with E-state index in [9.17, 15) is 13.2 Å². The van der Waals surface area contributed by atoms with Crippen molar-refractivity contribution >= 4 is 21.6 Å². The minimum atomic E-state index is -3.26. The normalized spacial score (nSPS) is 21.4. The second-order valence-electron chi connectivity index (χ2n) is 6.31. The molecule has 0 aromatic heterocycles. The lowest BCUT2D eigenvalue weighted by Crippen LogP contribution is -2.47. The average Bonchev–Trinajstić information content (AvgIpc) is 2.97. The summed E-state index contributed by atoms with van der Waals surface area (Å²) in [6.45, 7) is 1.67. The highest BCUT2D eigenvalue weighted by atomic mass is 32.2. The zero-order valence-corrected chi connectivity index (χ0v) is 14.2. The van der Waals surface area contributed by atoms with Gasteiger partial charge in [0.05, 0.1) is 11.9 Å². The molecule has 1 unspecified atom stereocenters. The number of amides is 1. The van der Waals surface area contributed by atoms with Gasteiger partial charge in [-0.15, -0.1) is 0 Å². The first-order valence-electron chi connectivity index (χ1n) is 8.03. The smallest absolute Gasteiger partial charge is 0.254 e. The maximum absolute atomic E-state index is 12.8. The molecular weight excluding hydrogens is 314 g/mol. The lowest BCUT2D eigenvalue weighted by molar-refractivity contribution is 0.0623. The van der Waals surface area contributed by atoms with Gasteiger partial charge in [0.1, 0.15) is 0 Å². The molecule has 0 saturated carbocycles. The third kappa shape index (κ3) is 3.07. The predicted molar refractivity (Wildman–Crippen MR) is 90.1 cm³/mol. The Morgan fingerprint density at radius 2 is 2.09 bits per heavy atom. The number of sulfonamides is 1. The fourth-order valence-electron chi connectivity index (χ4n) is 3.53. The first-order valence-corrected chi connectivity index (χ1v) is 9.88. The van der Waals surface area contributed by atoms with E-state index in [-0.39, 0.29) is 11.9 Å². The van der Waals surface area contributed by atoms with Gasteiger partial charge in [0.25, 0.3) is 5.91 Å². The summed E-state index contributed by atoms with van der Waals surface area (Å²) in [5.41, 5.74) is 8.03. The summed E-state index contributed by atoms with van der Waals surface area (Å²) < 4.78 is 25.0. The number of hydrogen-bond acceptors (Lipinski definition) is 4. The quantitative estimate of drug-likeness (QED) is 0.890. The lowest BCUT2D eigenvalue weighted by Gasteiger charge is -2.35. The molecule has 0 bridgehead atoms. The molecule has 2 heterocycles. The number of hydrogen-bond donors (Lipinski definition) is 1. The van der Waals surface area contributed by atoms with Gasteiger partial charge >= 0.3 is 0 Å². The topological polar surface area (TPSA) is 83.7 Å². The van der Waals surface area contributed by atoms with E-state index in [1.165, 1.54) is 10.6 Å². The van der Waals surface area contributed by atoms with Crippen molar-refractivity contribution in [3.63, 3.8) is 0 Å². The van der Waals surface area contributed by atoms with Crippen LogP contribution >= 0.6 is 0 Å². The molecule has 23 heavy (non-hydrogen) atoms. The highest BCUT2D eigenvalue weighted by molar-refractivity contribution is 7.92. The Hall–Kier alpha value is -1.60. The predicted octanol–water partition coefficient (Wildman–Crippen LogP) is 0.962. The van der Waals surface area contributed by atoms with Crippen molar-refractivity contribution in [2.45, 2.75) is 31.7 Å². The number of anilines is 1. The number of carbonyl (C=O) groups is 1. The van der Waals surface area contributed by atoms with Gasteiger partial charge in [-0.2, -0.15) is 0 Å². The Balaban J connectivity index is 1.86. The summed E-state index contributed by atoms with van der Waals surface area (Å²) in [6, 6.07) is 5.42. The van der Waals surface area contributed by atoms with Crippen LogP contribution in [0.2, 0.25) is 0 Å². The summed E-state index contributed by atoms with van der Waals surface area (Å²) >= 11 is 0. The Bertz CT molecular complexity index is 717. The van der Waals surface area contributed by atoms with Crippen LogP contribution in [0.15, 0.2) is 18.2 Å². The monoisotopic (exact) mass is 337 g/mol. The van der Waals surface area contributed by atoms with Crippen LogP contribution in [0, 0.1) is 0 Å². The molecule has 3 rings (SSSR count). The summed E-state index contributed by atoms with van der Waals surface area (Å²) in [6.07, 6.45) is 4.92. The number of piperidine rings is 1. The number of benzene rings is 1. The third-order valence-corrected chi connectivity index (χ3v) is 5.92. The van der Waals surface area contributed by atoms with E-state index in [2.05, 4.69) is 0 Å². The molecule has 2 aliphatic heterocycles. The van der Waals surface area contributed by atoms with Crippen LogP contribution < -0.4 is 10.0 Å². The van der Waals surface area contributed by atoms with Crippen molar-refractivity contribution in [3.05, 3.63) is 29.3 Å². The van der Waals surface area contributed by atoms with Crippen LogP contribution in [0.5, 0.6) is 0 Å². The number of carbonyl (C=O) groups excluding carboxylic acids is 1. The SMILES string of the molecule is CS(=O)(=O)N1CCc2cc(C(=O)N3CCCCC3CN)ccc21. The van der Waals surface area contributed by atoms with E-state index >= 15 is 0 Å². The molecule has 2 aliphatic rings. The molecule has 1 fully saturated rings. The second-order valence-corrected chi connectivity index (χ2v) is 8.22. The zero-order chi connectivity index (χ0) is 16.6. The first kappa shape index (κ1) is 16.3. The van der Waals surface area contributed by atoms with Gasteiger partial charge in [-0.05, 0) is 49.4 Å². The molecule has 1 saturated heterocycles. The molecule has 0 radical (unpaired) electrons. The van der Waals surface area contributed by atoms with Crippen molar-refractivity contribution < 1.29 is 13.2 Å². The second kappa shape index (κ2) is 6.13. The first-order chi connectivity index (χ1) is 10.9. The highest BCUT2D eigenvalue weighted by Gasteiger charge is 2.29. The Morgan fingerprint density at radius 1 is 1.30 bits per heavy atom. The van der Waals surface area contributed by atoms with Crippen LogP contribution in [-0.4, -0.2) is 51.2 Å².